The number of nitrogens with zero attached hydrogens (tertiary/aromatic N) is 1. The van der Waals surface area contributed by atoms with E-state index in [1.54, 1.807) is 23.1 Å². The lowest BCUT2D eigenvalue weighted by atomic mass is 10.1. The number of amides is 1. The minimum absolute atomic E-state index is 0.0153. The second-order valence-electron chi connectivity index (χ2n) is 6.90. The van der Waals surface area contributed by atoms with Gasteiger partial charge in [0, 0.05) is 12.6 Å². The largest absolute Gasteiger partial charge is 0.493 e. The lowest BCUT2D eigenvalue weighted by Crippen LogP contribution is -2.40. The maximum Gasteiger partial charge on any atom is 0.258 e. The fraction of sp³-hybridized carbons (Fsp3) is 0.381. The predicted octanol–water partition coefficient (Wildman–Crippen LogP) is 3.22. The van der Waals surface area contributed by atoms with Gasteiger partial charge in [0.05, 0.1) is 23.7 Å². The van der Waals surface area contributed by atoms with Crippen molar-refractivity contribution in [3.63, 3.8) is 0 Å². The van der Waals surface area contributed by atoms with Crippen LogP contribution in [0.2, 0.25) is 0 Å². The summed E-state index contributed by atoms with van der Waals surface area (Å²) in [6.45, 7) is 4.71. The highest BCUT2D eigenvalue weighted by atomic mass is 32.2. The fourth-order valence-corrected chi connectivity index (χ4v) is 5.09. The summed E-state index contributed by atoms with van der Waals surface area (Å²) in [6, 6.07) is 14.8. The quantitative estimate of drug-likeness (QED) is 0.763. The molecule has 1 aliphatic rings. The zero-order valence-electron chi connectivity index (χ0n) is 15.7. The molecule has 1 atom stereocenters. The molecule has 144 valence electrons. The van der Waals surface area contributed by atoms with E-state index in [-0.39, 0.29) is 23.5 Å². The summed E-state index contributed by atoms with van der Waals surface area (Å²) in [5, 5.41) is 0. The average Bonchev–Trinajstić information content (AvgIpc) is 3.01. The number of ether oxygens (including phenoxy) is 1. The van der Waals surface area contributed by atoms with Gasteiger partial charge in [-0.25, -0.2) is 8.42 Å². The number of rotatable bonds is 6. The van der Waals surface area contributed by atoms with Gasteiger partial charge in [-0.3, -0.25) is 4.79 Å². The Morgan fingerprint density at radius 1 is 1.15 bits per heavy atom. The van der Waals surface area contributed by atoms with Crippen LogP contribution in [0.1, 0.15) is 34.8 Å². The van der Waals surface area contributed by atoms with Crippen molar-refractivity contribution in [2.75, 3.05) is 18.1 Å². The molecule has 3 rings (SSSR count). The van der Waals surface area contributed by atoms with Crippen molar-refractivity contribution in [3.05, 3.63) is 65.2 Å². The van der Waals surface area contributed by atoms with Crippen LogP contribution in [0, 0.1) is 6.92 Å². The van der Waals surface area contributed by atoms with Crippen molar-refractivity contribution in [2.24, 2.45) is 0 Å². The van der Waals surface area contributed by atoms with E-state index < -0.39 is 9.84 Å². The van der Waals surface area contributed by atoms with E-state index in [4.69, 9.17) is 4.74 Å². The molecule has 0 aliphatic carbocycles. The molecular formula is C21H25NO4S. The van der Waals surface area contributed by atoms with Gasteiger partial charge in [-0.15, -0.1) is 0 Å². The number of aryl methyl sites for hydroxylation is 1. The third-order valence-electron chi connectivity index (χ3n) is 4.80. The molecule has 1 aliphatic heterocycles. The van der Waals surface area contributed by atoms with Gasteiger partial charge in [-0.05, 0) is 38.0 Å². The molecule has 0 N–H and O–H groups in total. The second kappa shape index (κ2) is 8.13. The number of hydrogen-bond donors (Lipinski definition) is 0. The number of para-hydroxylation sites is 1. The normalized spacial score (nSPS) is 18.2. The van der Waals surface area contributed by atoms with Crippen LogP contribution < -0.4 is 4.74 Å². The molecule has 0 aromatic heterocycles. The summed E-state index contributed by atoms with van der Waals surface area (Å²) in [6.07, 6.45) is 0.469. The minimum Gasteiger partial charge on any atom is -0.493 e. The molecule has 0 saturated carbocycles. The van der Waals surface area contributed by atoms with Crippen molar-refractivity contribution in [1.29, 1.82) is 0 Å². The first-order chi connectivity index (χ1) is 12.9. The molecule has 2 aromatic carbocycles. The van der Waals surface area contributed by atoms with E-state index in [9.17, 15) is 13.2 Å². The highest BCUT2D eigenvalue weighted by molar-refractivity contribution is 7.91. The van der Waals surface area contributed by atoms with Crippen LogP contribution in [0.25, 0.3) is 0 Å². The SMILES string of the molecule is CCOc1ccccc1C(=O)N(Cc1ccc(C)cc1)C1CCS(=O)(=O)C1. The van der Waals surface area contributed by atoms with Crippen LogP contribution in [0.4, 0.5) is 0 Å². The standard InChI is InChI=1S/C21H25NO4S/c1-3-26-20-7-5-4-6-19(20)21(23)22(18-12-13-27(24,25)15-18)14-17-10-8-16(2)9-11-17/h4-11,18H,3,12-15H2,1-2H3. The first-order valence-corrected chi connectivity index (χ1v) is 11.0. The van der Waals surface area contributed by atoms with Crippen LogP contribution >= 0.6 is 0 Å². The van der Waals surface area contributed by atoms with Gasteiger partial charge in [0.2, 0.25) is 0 Å². The maximum absolute atomic E-state index is 13.4. The van der Waals surface area contributed by atoms with Crippen molar-refractivity contribution in [3.8, 4) is 5.75 Å². The van der Waals surface area contributed by atoms with E-state index in [0.717, 1.165) is 11.1 Å². The van der Waals surface area contributed by atoms with Gasteiger partial charge in [0.15, 0.2) is 9.84 Å². The molecule has 27 heavy (non-hydrogen) atoms. The molecule has 2 aromatic rings. The summed E-state index contributed by atoms with van der Waals surface area (Å²) in [7, 11) is -3.10. The third-order valence-corrected chi connectivity index (χ3v) is 6.55. The van der Waals surface area contributed by atoms with Gasteiger partial charge in [-0.2, -0.15) is 0 Å². The van der Waals surface area contributed by atoms with Crippen molar-refractivity contribution in [1.82, 2.24) is 4.90 Å². The van der Waals surface area contributed by atoms with Crippen LogP contribution in [-0.4, -0.2) is 43.4 Å². The van der Waals surface area contributed by atoms with Crippen LogP contribution in [0.3, 0.4) is 0 Å². The number of benzene rings is 2. The number of carbonyl (C=O) groups excluding carboxylic acids is 1. The van der Waals surface area contributed by atoms with Crippen LogP contribution in [-0.2, 0) is 16.4 Å². The van der Waals surface area contributed by atoms with Crippen molar-refractivity contribution in [2.45, 2.75) is 32.9 Å². The Balaban J connectivity index is 1.94. The average molecular weight is 388 g/mol. The maximum atomic E-state index is 13.4. The summed E-state index contributed by atoms with van der Waals surface area (Å²) >= 11 is 0. The van der Waals surface area contributed by atoms with Gasteiger partial charge in [0.1, 0.15) is 5.75 Å². The summed E-state index contributed by atoms with van der Waals surface area (Å²) in [5.41, 5.74) is 2.59. The van der Waals surface area contributed by atoms with Crippen LogP contribution in [0.15, 0.2) is 48.5 Å². The molecule has 5 nitrogen and oxygen atoms in total. The van der Waals surface area contributed by atoms with Gasteiger partial charge in [-0.1, -0.05) is 42.0 Å². The first-order valence-electron chi connectivity index (χ1n) is 9.18. The Labute approximate surface area is 160 Å². The fourth-order valence-electron chi connectivity index (χ4n) is 3.36. The highest BCUT2D eigenvalue weighted by Gasteiger charge is 2.35. The number of hydrogen-bond acceptors (Lipinski definition) is 4. The second-order valence-corrected chi connectivity index (χ2v) is 9.13. The van der Waals surface area contributed by atoms with E-state index in [1.165, 1.54) is 0 Å². The van der Waals surface area contributed by atoms with Crippen molar-refractivity contribution >= 4 is 15.7 Å². The summed E-state index contributed by atoms with van der Waals surface area (Å²) in [4.78, 5) is 15.0. The topological polar surface area (TPSA) is 63.7 Å². The van der Waals surface area contributed by atoms with E-state index >= 15 is 0 Å². The Morgan fingerprint density at radius 3 is 2.48 bits per heavy atom. The number of sulfone groups is 1. The predicted molar refractivity (Wildman–Crippen MR) is 106 cm³/mol. The summed E-state index contributed by atoms with van der Waals surface area (Å²) < 4.78 is 29.6. The minimum atomic E-state index is -3.10. The lowest BCUT2D eigenvalue weighted by Gasteiger charge is -2.29. The molecule has 0 bridgehead atoms. The third kappa shape index (κ3) is 4.69. The lowest BCUT2D eigenvalue weighted by molar-refractivity contribution is 0.0676. The van der Waals surface area contributed by atoms with Crippen LogP contribution in [0.5, 0.6) is 5.75 Å². The molecular weight excluding hydrogens is 362 g/mol. The molecule has 1 heterocycles. The molecule has 6 heteroatoms. The van der Waals surface area contributed by atoms with E-state index in [2.05, 4.69) is 0 Å². The molecule has 1 amide bonds. The Bertz CT molecular complexity index is 906. The monoisotopic (exact) mass is 387 g/mol. The van der Waals surface area contributed by atoms with E-state index in [0.29, 0.717) is 30.9 Å². The molecule has 0 radical (unpaired) electrons. The molecule has 1 fully saturated rings. The van der Waals surface area contributed by atoms with Gasteiger partial charge in [0.25, 0.3) is 5.91 Å². The molecule has 0 spiro atoms. The first kappa shape index (κ1) is 19.4. The van der Waals surface area contributed by atoms with Crippen molar-refractivity contribution < 1.29 is 17.9 Å². The number of carbonyl (C=O) groups is 1. The Kier molecular flexibility index (Phi) is 5.85. The molecule has 1 saturated heterocycles. The Hall–Kier alpha value is -2.34. The summed E-state index contributed by atoms with van der Waals surface area (Å²) in [5.74, 6) is 0.477. The highest BCUT2D eigenvalue weighted by Crippen LogP contribution is 2.26. The molecule has 1 unspecified atom stereocenters. The van der Waals surface area contributed by atoms with Gasteiger partial charge < -0.3 is 9.64 Å². The zero-order chi connectivity index (χ0) is 19.4. The van der Waals surface area contributed by atoms with Gasteiger partial charge >= 0.3 is 0 Å². The van der Waals surface area contributed by atoms with E-state index in [1.807, 2.05) is 44.2 Å². The Morgan fingerprint density at radius 2 is 1.85 bits per heavy atom. The zero-order valence-corrected chi connectivity index (χ0v) is 16.5. The smallest absolute Gasteiger partial charge is 0.258 e.